The summed E-state index contributed by atoms with van der Waals surface area (Å²) in [6, 6.07) is 0. The van der Waals surface area contributed by atoms with Crippen LogP contribution in [0, 0.1) is 11.3 Å². The summed E-state index contributed by atoms with van der Waals surface area (Å²) >= 11 is 0. The SMILES string of the molecule is C.CC.CC12CC1CN(CO)C2. The Balaban J connectivity index is 0.000000378. The van der Waals surface area contributed by atoms with Gasteiger partial charge in [-0.05, 0) is 17.8 Å². The van der Waals surface area contributed by atoms with Crippen LogP contribution in [0.3, 0.4) is 0 Å². The number of fused-ring (bicyclic) bond motifs is 1. The third kappa shape index (κ3) is 1.99. The van der Waals surface area contributed by atoms with Crippen LogP contribution in [0.2, 0.25) is 0 Å². The van der Waals surface area contributed by atoms with Crippen LogP contribution in [0.25, 0.3) is 0 Å². The minimum atomic E-state index is 0. The molecule has 2 nitrogen and oxygen atoms in total. The van der Waals surface area contributed by atoms with Crippen LogP contribution in [0.5, 0.6) is 0 Å². The number of hydrogen-bond donors (Lipinski definition) is 1. The number of piperidine rings is 1. The second-order valence-electron chi connectivity index (χ2n) is 3.71. The Morgan fingerprint density at radius 2 is 2.08 bits per heavy atom. The number of likely N-dealkylation sites (tertiary alicyclic amines) is 1. The maximum absolute atomic E-state index is 8.74. The first-order chi connectivity index (χ1) is 5.24. The van der Waals surface area contributed by atoms with Gasteiger partial charge in [0.25, 0.3) is 0 Å². The summed E-state index contributed by atoms with van der Waals surface area (Å²) in [7, 11) is 0. The van der Waals surface area contributed by atoms with Crippen molar-refractivity contribution in [1.82, 2.24) is 4.90 Å². The number of nitrogens with zero attached hydrogens (tertiary/aromatic N) is 1. The smallest absolute Gasteiger partial charge is 0.0956 e. The molecular formula is C10H23NO. The van der Waals surface area contributed by atoms with Crippen molar-refractivity contribution in [1.29, 1.82) is 0 Å². The fourth-order valence-electron chi connectivity index (χ4n) is 1.98. The van der Waals surface area contributed by atoms with Crippen LogP contribution in [-0.4, -0.2) is 29.8 Å². The second kappa shape index (κ2) is 4.24. The van der Waals surface area contributed by atoms with E-state index in [-0.39, 0.29) is 14.2 Å². The summed E-state index contributed by atoms with van der Waals surface area (Å²) < 4.78 is 0. The molecule has 74 valence electrons. The molecule has 12 heavy (non-hydrogen) atoms. The Hall–Kier alpha value is -0.0800. The first kappa shape index (κ1) is 11.9. The van der Waals surface area contributed by atoms with Crippen LogP contribution in [-0.2, 0) is 0 Å². The van der Waals surface area contributed by atoms with E-state index in [9.17, 15) is 0 Å². The molecule has 2 unspecified atom stereocenters. The van der Waals surface area contributed by atoms with Crippen LogP contribution in [0.1, 0.15) is 34.6 Å². The molecule has 1 N–H and O–H groups in total. The van der Waals surface area contributed by atoms with Crippen molar-refractivity contribution in [2.45, 2.75) is 34.6 Å². The molecule has 2 atom stereocenters. The molecule has 0 aromatic carbocycles. The molecule has 0 aromatic rings. The zero-order chi connectivity index (χ0) is 8.48. The molecule has 2 rings (SSSR count). The third-order valence-electron chi connectivity index (χ3n) is 2.80. The zero-order valence-corrected chi connectivity index (χ0v) is 7.80. The Labute approximate surface area is 76.6 Å². The molecule has 2 fully saturated rings. The highest BCUT2D eigenvalue weighted by atomic mass is 16.3. The molecule has 1 aliphatic carbocycles. The minimum Gasteiger partial charge on any atom is -0.381 e. The van der Waals surface area contributed by atoms with E-state index < -0.39 is 0 Å². The molecule has 0 aromatic heterocycles. The topological polar surface area (TPSA) is 23.5 Å². The zero-order valence-electron chi connectivity index (χ0n) is 7.80. The molecule has 2 heteroatoms. The summed E-state index contributed by atoms with van der Waals surface area (Å²) in [5.41, 5.74) is 0.600. The molecule has 1 heterocycles. The summed E-state index contributed by atoms with van der Waals surface area (Å²) in [5.74, 6) is 0.907. The highest BCUT2D eigenvalue weighted by molar-refractivity contribution is 5.06. The average molecular weight is 173 g/mol. The van der Waals surface area contributed by atoms with Crippen molar-refractivity contribution in [3.8, 4) is 0 Å². The summed E-state index contributed by atoms with van der Waals surface area (Å²) in [6.07, 6.45) is 1.39. The van der Waals surface area contributed by atoms with Gasteiger partial charge in [-0.25, -0.2) is 0 Å². The summed E-state index contributed by atoms with van der Waals surface area (Å²) in [4.78, 5) is 2.12. The average Bonchev–Trinajstić information content (AvgIpc) is 2.55. The normalized spacial score (nSPS) is 37.5. The molecule has 0 amide bonds. The molecule has 2 aliphatic rings. The van der Waals surface area contributed by atoms with Gasteiger partial charge in [0.1, 0.15) is 0 Å². The van der Waals surface area contributed by atoms with E-state index in [1.165, 1.54) is 6.42 Å². The lowest BCUT2D eigenvalue weighted by atomic mass is 10.1. The monoisotopic (exact) mass is 173 g/mol. The largest absolute Gasteiger partial charge is 0.381 e. The Bertz CT molecular complexity index is 138. The van der Waals surface area contributed by atoms with Crippen LogP contribution >= 0.6 is 0 Å². The maximum Gasteiger partial charge on any atom is 0.0956 e. The van der Waals surface area contributed by atoms with E-state index in [4.69, 9.17) is 5.11 Å². The predicted octanol–water partition coefficient (Wildman–Crippen LogP) is 1.94. The van der Waals surface area contributed by atoms with E-state index in [1.807, 2.05) is 13.8 Å². The first-order valence-corrected chi connectivity index (χ1v) is 4.58. The Morgan fingerprint density at radius 3 is 2.33 bits per heavy atom. The van der Waals surface area contributed by atoms with Crippen molar-refractivity contribution in [2.24, 2.45) is 11.3 Å². The summed E-state index contributed by atoms with van der Waals surface area (Å²) in [5, 5.41) is 8.74. The number of aliphatic hydroxyl groups is 1. The van der Waals surface area contributed by atoms with E-state index >= 15 is 0 Å². The first-order valence-electron chi connectivity index (χ1n) is 4.58. The fourth-order valence-corrected chi connectivity index (χ4v) is 1.98. The van der Waals surface area contributed by atoms with Gasteiger partial charge in [-0.15, -0.1) is 0 Å². The Kier molecular flexibility index (Phi) is 4.21. The van der Waals surface area contributed by atoms with E-state index in [0.29, 0.717) is 5.41 Å². The highest BCUT2D eigenvalue weighted by Gasteiger charge is 2.55. The van der Waals surface area contributed by atoms with E-state index in [2.05, 4.69) is 11.8 Å². The minimum absolute atomic E-state index is 0. The van der Waals surface area contributed by atoms with Gasteiger partial charge in [-0.2, -0.15) is 0 Å². The van der Waals surface area contributed by atoms with Crippen LogP contribution in [0.15, 0.2) is 0 Å². The Morgan fingerprint density at radius 1 is 1.50 bits per heavy atom. The predicted molar refractivity (Wildman–Crippen MR) is 53.0 cm³/mol. The van der Waals surface area contributed by atoms with Gasteiger partial charge in [-0.1, -0.05) is 28.2 Å². The van der Waals surface area contributed by atoms with Crippen molar-refractivity contribution in [3.63, 3.8) is 0 Å². The van der Waals surface area contributed by atoms with E-state index in [1.54, 1.807) is 0 Å². The highest BCUT2D eigenvalue weighted by Crippen LogP contribution is 2.56. The van der Waals surface area contributed by atoms with Gasteiger partial charge in [-0.3, -0.25) is 4.90 Å². The van der Waals surface area contributed by atoms with Gasteiger partial charge in [0.15, 0.2) is 0 Å². The van der Waals surface area contributed by atoms with Gasteiger partial charge in [0.05, 0.1) is 6.73 Å². The standard InChI is InChI=1S/C7H13NO.C2H6.CH4/c1-7-2-6(7)3-8(4-7)5-9;1-2;/h6,9H,2-5H2,1H3;1-2H3;1H4. The number of rotatable bonds is 1. The number of aliphatic hydroxyl groups excluding tert-OH is 1. The van der Waals surface area contributed by atoms with Crippen molar-refractivity contribution < 1.29 is 5.11 Å². The molecular weight excluding hydrogens is 150 g/mol. The molecule has 1 saturated heterocycles. The van der Waals surface area contributed by atoms with E-state index in [0.717, 1.165) is 19.0 Å². The van der Waals surface area contributed by atoms with Gasteiger partial charge in [0, 0.05) is 13.1 Å². The van der Waals surface area contributed by atoms with Gasteiger partial charge < -0.3 is 5.11 Å². The second-order valence-corrected chi connectivity index (χ2v) is 3.71. The fraction of sp³-hybridized carbons (Fsp3) is 1.00. The van der Waals surface area contributed by atoms with Crippen LogP contribution in [0.4, 0.5) is 0 Å². The van der Waals surface area contributed by atoms with Crippen molar-refractivity contribution in [2.75, 3.05) is 19.8 Å². The number of hydrogen-bond acceptors (Lipinski definition) is 2. The van der Waals surface area contributed by atoms with Crippen LogP contribution < -0.4 is 0 Å². The quantitative estimate of drug-likeness (QED) is 0.655. The lowest BCUT2D eigenvalue weighted by Crippen LogP contribution is -2.24. The molecule has 1 aliphatic heterocycles. The lowest BCUT2D eigenvalue weighted by molar-refractivity contribution is 0.114. The molecule has 1 saturated carbocycles. The van der Waals surface area contributed by atoms with Gasteiger partial charge in [0.2, 0.25) is 0 Å². The maximum atomic E-state index is 8.74. The van der Waals surface area contributed by atoms with Crippen molar-refractivity contribution >= 4 is 0 Å². The van der Waals surface area contributed by atoms with Crippen molar-refractivity contribution in [3.05, 3.63) is 0 Å². The molecule has 0 bridgehead atoms. The molecule has 0 spiro atoms. The summed E-state index contributed by atoms with van der Waals surface area (Å²) in [6.45, 7) is 8.82. The molecule has 0 radical (unpaired) electrons. The van der Waals surface area contributed by atoms with Gasteiger partial charge >= 0.3 is 0 Å². The lowest BCUT2D eigenvalue weighted by Gasteiger charge is -2.14. The third-order valence-corrected chi connectivity index (χ3v) is 2.80.